The maximum atomic E-state index is 11.4. The molecular formula is C13H18O4. The minimum Gasteiger partial charge on any atom is -0.493 e. The van der Waals surface area contributed by atoms with Crippen LogP contribution in [0.4, 0.5) is 0 Å². The van der Waals surface area contributed by atoms with Crippen LogP contribution in [0.25, 0.3) is 0 Å². The first-order chi connectivity index (χ1) is 8.22. The third kappa shape index (κ3) is 3.66. The second-order valence-corrected chi connectivity index (χ2v) is 3.36. The van der Waals surface area contributed by atoms with Crippen LogP contribution < -0.4 is 9.47 Å². The van der Waals surface area contributed by atoms with Crippen LogP contribution in [0.3, 0.4) is 0 Å². The normalized spacial score (nSPS) is 9.82. The third-order valence-electron chi connectivity index (χ3n) is 2.20. The summed E-state index contributed by atoms with van der Waals surface area (Å²) in [6.45, 7) is 4.62. The van der Waals surface area contributed by atoms with Gasteiger partial charge in [0.15, 0.2) is 11.5 Å². The molecule has 0 unspecified atom stereocenters. The molecule has 0 aromatic heterocycles. The molecule has 0 atom stereocenters. The van der Waals surface area contributed by atoms with Crippen molar-refractivity contribution in [3.05, 3.63) is 23.8 Å². The highest BCUT2D eigenvalue weighted by atomic mass is 16.5. The summed E-state index contributed by atoms with van der Waals surface area (Å²) in [5, 5.41) is 0. The van der Waals surface area contributed by atoms with E-state index in [1.54, 1.807) is 14.0 Å². The molecule has 0 spiro atoms. The number of methoxy groups -OCH3 is 1. The van der Waals surface area contributed by atoms with Gasteiger partial charge in [-0.25, -0.2) is 0 Å². The topological polar surface area (TPSA) is 44.8 Å². The van der Waals surface area contributed by atoms with Gasteiger partial charge in [-0.15, -0.1) is 0 Å². The lowest BCUT2D eigenvalue weighted by Gasteiger charge is -2.13. The van der Waals surface area contributed by atoms with Crippen LogP contribution in [-0.4, -0.2) is 26.3 Å². The lowest BCUT2D eigenvalue weighted by Crippen LogP contribution is -2.09. The highest BCUT2D eigenvalue weighted by Gasteiger charge is 2.13. The van der Waals surface area contributed by atoms with E-state index in [2.05, 4.69) is 0 Å². The first-order valence-electron chi connectivity index (χ1n) is 5.67. The van der Waals surface area contributed by atoms with Crippen molar-refractivity contribution in [3.8, 4) is 11.5 Å². The Labute approximate surface area is 101 Å². The van der Waals surface area contributed by atoms with E-state index in [9.17, 15) is 4.79 Å². The van der Waals surface area contributed by atoms with E-state index in [4.69, 9.17) is 14.2 Å². The minimum absolute atomic E-state index is 0.192. The van der Waals surface area contributed by atoms with Crippen molar-refractivity contribution in [2.24, 2.45) is 0 Å². The van der Waals surface area contributed by atoms with Crippen molar-refractivity contribution in [1.29, 1.82) is 0 Å². The van der Waals surface area contributed by atoms with Crippen LogP contribution in [0, 0.1) is 0 Å². The Bertz CT molecular complexity index is 374. The maximum absolute atomic E-state index is 11.4. The van der Waals surface area contributed by atoms with E-state index in [0.29, 0.717) is 24.7 Å². The lowest BCUT2D eigenvalue weighted by molar-refractivity contribution is -0.142. The van der Waals surface area contributed by atoms with Crippen molar-refractivity contribution in [3.63, 3.8) is 0 Å². The summed E-state index contributed by atoms with van der Waals surface area (Å²) in [6, 6.07) is 5.48. The summed E-state index contributed by atoms with van der Waals surface area (Å²) in [5.41, 5.74) is 0.775. The number of hydrogen-bond acceptors (Lipinski definition) is 4. The Balaban J connectivity index is 2.90. The van der Waals surface area contributed by atoms with Gasteiger partial charge in [-0.1, -0.05) is 12.1 Å². The number of ether oxygens (including phenoxy) is 3. The van der Waals surface area contributed by atoms with Crippen LogP contribution in [-0.2, 0) is 16.0 Å². The molecule has 17 heavy (non-hydrogen) atoms. The largest absolute Gasteiger partial charge is 0.493 e. The number of hydrogen-bond donors (Lipinski definition) is 0. The van der Waals surface area contributed by atoms with Crippen molar-refractivity contribution in [1.82, 2.24) is 0 Å². The standard InChI is InChI=1S/C13H18O4/c1-4-16-11-8-6-7-10(13(11)15-3)9-12(14)17-5-2/h6-8H,4-5,9H2,1-3H3. The summed E-state index contributed by atoms with van der Waals surface area (Å²) in [7, 11) is 1.56. The number of para-hydroxylation sites is 1. The number of carbonyl (C=O) groups is 1. The number of benzene rings is 1. The highest BCUT2D eigenvalue weighted by molar-refractivity contribution is 5.74. The van der Waals surface area contributed by atoms with Gasteiger partial charge in [-0.05, 0) is 19.9 Å². The van der Waals surface area contributed by atoms with Gasteiger partial charge in [0.1, 0.15) is 0 Å². The molecule has 4 nitrogen and oxygen atoms in total. The first-order valence-corrected chi connectivity index (χ1v) is 5.67. The van der Waals surface area contributed by atoms with E-state index in [1.807, 2.05) is 25.1 Å². The number of rotatable bonds is 6. The van der Waals surface area contributed by atoms with Crippen LogP contribution >= 0.6 is 0 Å². The molecule has 1 aromatic carbocycles. The van der Waals surface area contributed by atoms with Crippen LogP contribution in [0.5, 0.6) is 11.5 Å². The zero-order valence-electron chi connectivity index (χ0n) is 10.5. The molecule has 0 aliphatic heterocycles. The van der Waals surface area contributed by atoms with E-state index in [-0.39, 0.29) is 12.4 Å². The van der Waals surface area contributed by atoms with Crippen molar-refractivity contribution in [2.75, 3.05) is 20.3 Å². The first kappa shape index (κ1) is 13.4. The zero-order valence-corrected chi connectivity index (χ0v) is 10.5. The second kappa shape index (κ2) is 6.78. The highest BCUT2D eigenvalue weighted by Crippen LogP contribution is 2.31. The number of carbonyl (C=O) groups excluding carboxylic acids is 1. The second-order valence-electron chi connectivity index (χ2n) is 3.36. The predicted octanol–water partition coefficient (Wildman–Crippen LogP) is 2.20. The molecule has 4 heteroatoms. The van der Waals surface area contributed by atoms with Gasteiger partial charge in [-0.2, -0.15) is 0 Å². The van der Waals surface area contributed by atoms with Gasteiger partial charge >= 0.3 is 5.97 Å². The Morgan fingerprint density at radius 1 is 1.24 bits per heavy atom. The Morgan fingerprint density at radius 2 is 2.00 bits per heavy atom. The van der Waals surface area contributed by atoms with Gasteiger partial charge in [-0.3, -0.25) is 4.79 Å². The summed E-state index contributed by atoms with van der Waals surface area (Å²) < 4.78 is 15.6. The van der Waals surface area contributed by atoms with E-state index < -0.39 is 0 Å². The molecule has 1 rings (SSSR count). The van der Waals surface area contributed by atoms with Gasteiger partial charge in [0, 0.05) is 5.56 Å². The van der Waals surface area contributed by atoms with Crippen molar-refractivity contribution < 1.29 is 19.0 Å². The fraction of sp³-hybridized carbons (Fsp3) is 0.462. The molecule has 0 aliphatic carbocycles. The smallest absolute Gasteiger partial charge is 0.310 e. The molecule has 0 bridgehead atoms. The molecule has 0 heterocycles. The Kier molecular flexibility index (Phi) is 5.33. The fourth-order valence-electron chi connectivity index (χ4n) is 1.57. The van der Waals surface area contributed by atoms with E-state index >= 15 is 0 Å². The average Bonchev–Trinajstić information content (AvgIpc) is 2.30. The predicted molar refractivity (Wildman–Crippen MR) is 64.5 cm³/mol. The van der Waals surface area contributed by atoms with Crippen LogP contribution in [0.15, 0.2) is 18.2 Å². The summed E-state index contributed by atoms with van der Waals surface area (Å²) in [5.74, 6) is 0.985. The Hall–Kier alpha value is -1.71. The SMILES string of the molecule is CCOC(=O)Cc1cccc(OCC)c1OC. The summed E-state index contributed by atoms with van der Waals surface area (Å²) in [4.78, 5) is 11.4. The summed E-state index contributed by atoms with van der Waals surface area (Å²) in [6.07, 6.45) is 0.192. The zero-order chi connectivity index (χ0) is 12.7. The molecule has 94 valence electrons. The lowest BCUT2D eigenvalue weighted by atomic mass is 10.1. The minimum atomic E-state index is -0.264. The van der Waals surface area contributed by atoms with Gasteiger partial charge in [0.25, 0.3) is 0 Å². The maximum Gasteiger partial charge on any atom is 0.310 e. The fourth-order valence-corrected chi connectivity index (χ4v) is 1.57. The molecule has 1 aromatic rings. The van der Waals surface area contributed by atoms with Gasteiger partial charge in [0.2, 0.25) is 0 Å². The third-order valence-corrected chi connectivity index (χ3v) is 2.20. The Morgan fingerprint density at radius 3 is 2.59 bits per heavy atom. The molecule has 0 saturated heterocycles. The summed E-state index contributed by atoms with van der Waals surface area (Å²) >= 11 is 0. The van der Waals surface area contributed by atoms with Crippen molar-refractivity contribution in [2.45, 2.75) is 20.3 Å². The molecule has 0 saturated carbocycles. The van der Waals surface area contributed by atoms with Gasteiger partial charge < -0.3 is 14.2 Å². The van der Waals surface area contributed by atoms with Crippen LogP contribution in [0.1, 0.15) is 19.4 Å². The van der Waals surface area contributed by atoms with Gasteiger partial charge in [0.05, 0.1) is 26.7 Å². The number of esters is 1. The van der Waals surface area contributed by atoms with E-state index in [1.165, 1.54) is 0 Å². The molecule has 0 aliphatic rings. The molecule has 0 fully saturated rings. The van der Waals surface area contributed by atoms with Crippen LogP contribution in [0.2, 0.25) is 0 Å². The van der Waals surface area contributed by atoms with Crippen molar-refractivity contribution >= 4 is 5.97 Å². The molecule has 0 amide bonds. The quantitative estimate of drug-likeness (QED) is 0.713. The monoisotopic (exact) mass is 238 g/mol. The van der Waals surface area contributed by atoms with E-state index in [0.717, 1.165) is 5.56 Å². The molecule has 0 N–H and O–H groups in total. The average molecular weight is 238 g/mol. The molecule has 0 radical (unpaired) electrons. The molecular weight excluding hydrogens is 220 g/mol.